The van der Waals surface area contributed by atoms with E-state index in [1.165, 1.54) is 14.0 Å². The van der Waals surface area contributed by atoms with Crippen LogP contribution in [0.25, 0.3) is 5.57 Å². The van der Waals surface area contributed by atoms with Crippen molar-refractivity contribution in [2.45, 2.75) is 33.3 Å². The second-order valence-electron chi connectivity index (χ2n) is 5.95. The van der Waals surface area contributed by atoms with E-state index in [9.17, 15) is 9.59 Å². The predicted molar refractivity (Wildman–Crippen MR) is 92.0 cm³/mol. The lowest BCUT2D eigenvalue weighted by Crippen LogP contribution is -2.27. The van der Waals surface area contributed by atoms with E-state index in [1.54, 1.807) is 39.0 Å². The Morgan fingerprint density at radius 3 is 2.46 bits per heavy atom. The van der Waals surface area contributed by atoms with Crippen LogP contribution in [-0.2, 0) is 14.3 Å². The summed E-state index contributed by atoms with van der Waals surface area (Å²) >= 11 is 0. The molecule has 6 nitrogen and oxygen atoms in total. The van der Waals surface area contributed by atoms with Crippen molar-refractivity contribution in [3.63, 3.8) is 0 Å². The summed E-state index contributed by atoms with van der Waals surface area (Å²) in [6.45, 7) is 10.2. The Morgan fingerprint density at radius 1 is 1.29 bits per heavy atom. The van der Waals surface area contributed by atoms with Gasteiger partial charge in [0.1, 0.15) is 18.0 Å². The summed E-state index contributed by atoms with van der Waals surface area (Å²) in [5, 5.41) is 2.67. The van der Waals surface area contributed by atoms with Crippen LogP contribution < -0.4 is 10.1 Å². The van der Waals surface area contributed by atoms with Crippen molar-refractivity contribution in [3.05, 3.63) is 36.1 Å². The third kappa shape index (κ3) is 5.82. The topological polar surface area (TPSA) is 73.9 Å². The van der Waals surface area contributed by atoms with Gasteiger partial charge >= 0.3 is 12.1 Å². The van der Waals surface area contributed by atoms with Gasteiger partial charge in [-0.3, -0.25) is 10.1 Å². The number of benzene rings is 1. The van der Waals surface area contributed by atoms with E-state index in [1.807, 2.05) is 0 Å². The van der Waals surface area contributed by atoms with Crippen molar-refractivity contribution >= 4 is 23.3 Å². The minimum atomic E-state index is -0.627. The number of esters is 1. The summed E-state index contributed by atoms with van der Waals surface area (Å²) in [5.74, 6) is 0.0566. The summed E-state index contributed by atoms with van der Waals surface area (Å²) in [4.78, 5) is 23.1. The van der Waals surface area contributed by atoms with Crippen LogP contribution in [0.4, 0.5) is 10.5 Å². The molecular formula is C18H23NO5. The van der Waals surface area contributed by atoms with Gasteiger partial charge in [-0.15, -0.1) is 5.73 Å². The molecule has 0 saturated carbocycles. The van der Waals surface area contributed by atoms with Gasteiger partial charge < -0.3 is 14.2 Å². The van der Waals surface area contributed by atoms with E-state index in [0.29, 0.717) is 22.6 Å². The number of amides is 1. The second kappa shape index (κ2) is 8.22. The van der Waals surface area contributed by atoms with Crippen LogP contribution in [0.5, 0.6) is 5.75 Å². The molecule has 0 aromatic heterocycles. The highest BCUT2D eigenvalue weighted by atomic mass is 16.6. The largest absolute Gasteiger partial charge is 0.496 e. The van der Waals surface area contributed by atoms with Gasteiger partial charge in [0.05, 0.1) is 18.4 Å². The number of carbonyl (C=O) groups is 2. The minimum absolute atomic E-state index is 0.0395. The maximum absolute atomic E-state index is 12.1. The fourth-order valence-electron chi connectivity index (χ4n) is 1.92. The number of hydrogen-bond donors (Lipinski definition) is 1. The molecule has 0 aliphatic rings. The fourth-order valence-corrected chi connectivity index (χ4v) is 1.92. The number of rotatable bonds is 5. The molecule has 130 valence electrons. The van der Waals surface area contributed by atoms with E-state index in [2.05, 4.69) is 17.6 Å². The van der Waals surface area contributed by atoms with Crippen LogP contribution in [0.2, 0.25) is 0 Å². The van der Waals surface area contributed by atoms with Crippen molar-refractivity contribution in [3.8, 4) is 5.75 Å². The summed E-state index contributed by atoms with van der Waals surface area (Å²) in [7, 11) is 1.50. The molecule has 0 aliphatic carbocycles. The van der Waals surface area contributed by atoms with Crippen LogP contribution >= 0.6 is 0 Å². The first-order valence-electron chi connectivity index (χ1n) is 7.37. The van der Waals surface area contributed by atoms with Crippen LogP contribution in [0.3, 0.4) is 0 Å². The van der Waals surface area contributed by atoms with Crippen molar-refractivity contribution in [1.29, 1.82) is 0 Å². The van der Waals surface area contributed by atoms with Gasteiger partial charge in [-0.2, -0.15) is 0 Å². The molecule has 1 aromatic carbocycles. The highest BCUT2D eigenvalue weighted by Crippen LogP contribution is 2.33. The van der Waals surface area contributed by atoms with Crippen LogP contribution in [-0.4, -0.2) is 31.4 Å². The molecule has 0 bridgehead atoms. The van der Waals surface area contributed by atoms with Gasteiger partial charge in [0.25, 0.3) is 0 Å². The zero-order chi connectivity index (χ0) is 18.3. The SMILES string of the molecule is C=C=C(COC(C)=O)c1c(NC(=O)OC(C)(C)C)cccc1OC. The van der Waals surface area contributed by atoms with Gasteiger partial charge in [-0.05, 0) is 32.9 Å². The third-order valence-corrected chi connectivity index (χ3v) is 2.82. The number of methoxy groups -OCH3 is 1. The fraction of sp³-hybridized carbons (Fsp3) is 0.389. The number of ether oxygens (including phenoxy) is 3. The van der Waals surface area contributed by atoms with Gasteiger partial charge in [0.2, 0.25) is 0 Å². The van der Waals surface area contributed by atoms with Crippen molar-refractivity contribution < 1.29 is 23.8 Å². The molecule has 6 heteroatoms. The Morgan fingerprint density at radius 2 is 1.96 bits per heavy atom. The first-order chi connectivity index (χ1) is 11.2. The van der Waals surface area contributed by atoms with E-state index >= 15 is 0 Å². The quantitative estimate of drug-likeness (QED) is 0.656. The standard InChI is InChI=1S/C18H23NO5/c1-7-13(11-23-12(2)20)16-14(9-8-10-15(16)22-6)19-17(21)24-18(3,4)5/h8-10H,1,11H2,2-6H3,(H,19,21). The average molecular weight is 333 g/mol. The molecule has 0 fully saturated rings. The molecule has 0 atom stereocenters. The molecule has 0 spiro atoms. The molecule has 1 rings (SSSR count). The molecule has 0 heterocycles. The van der Waals surface area contributed by atoms with Gasteiger partial charge in [-0.25, -0.2) is 4.79 Å². The summed E-state index contributed by atoms with van der Waals surface area (Å²) in [6, 6.07) is 5.13. The number of hydrogen-bond acceptors (Lipinski definition) is 5. The zero-order valence-electron chi connectivity index (χ0n) is 14.7. The molecule has 0 saturated heterocycles. The minimum Gasteiger partial charge on any atom is -0.496 e. The van der Waals surface area contributed by atoms with E-state index in [4.69, 9.17) is 14.2 Å². The first kappa shape index (κ1) is 19.3. The maximum atomic E-state index is 12.1. The lowest BCUT2D eigenvalue weighted by Gasteiger charge is -2.21. The molecule has 1 N–H and O–H groups in total. The van der Waals surface area contributed by atoms with Crippen LogP contribution in [0.15, 0.2) is 30.5 Å². The normalized spacial score (nSPS) is 10.4. The van der Waals surface area contributed by atoms with E-state index < -0.39 is 17.7 Å². The van der Waals surface area contributed by atoms with Gasteiger partial charge in [0, 0.05) is 12.5 Å². The molecule has 1 aromatic rings. The number of carbonyl (C=O) groups excluding carboxylic acids is 2. The molecule has 0 unspecified atom stereocenters. The monoisotopic (exact) mass is 333 g/mol. The molecule has 24 heavy (non-hydrogen) atoms. The number of nitrogens with one attached hydrogen (secondary N) is 1. The van der Waals surface area contributed by atoms with Crippen molar-refractivity contribution in [2.75, 3.05) is 19.0 Å². The molecule has 0 radical (unpaired) electrons. The molecule has 0 aliphatic heterocycles. The Hall–Kier alpha value is -2.72. The Bertz CT molecular complexity index is 666. The highest BCUT2D eigenvalue weighted by Gasteiger charge is 2.20. The van der Waals surface area contributed by atoms with Crippen LogP contribution in [0, 0.1) is 0 Å². The summed E-state index contributed by atoms with van der Waals surface area (Å²) < 4.78 is 15.6. The Balaban J connectivity index is 3.19. The molecular weight excluding hydrogens is 310 g/mol. The van der Waals surface area contributed by atoms with Gasteiger partial charge in [-0.1, -0.05) is 12.6 Å². The van der Waals surface area contributed by atoms with E-state index in [-0.39, 0.29) is 6.61 Å². The highest BCUT2D eigenvalue weighted by molar-refractivity contribution is 5.92. The second-order valence-corrected chi connectivity index (χ2v) is 5.95. The lowest BCUT2D eigenvalue weighted by molar-refractivity contribution is -0.139. The first-order valence-corrected chi connectivity index (χ1v) is 7.37. The average Bonchev–Trinajstić information content (AvgIpc) is 2.46. The maximum Gasteiger partial charge on any atom is 0.412 e. The Kier molecular flexibility index (Phi) is 6.62. The lowest BCUT2D eigenvalue weighted by atomic mass is 10.0. The van der Waals surface area contributed by atoms with Crippen LogP contribution in [0.1, 0.15) is 33.3 Å². The summed E-state index contributed by atoms with van der Waals surface area (Å²) in [6.07, 6.45) is -0.604. The van der Waals surface area contributed by atoms with Crippen molar-refractivity contribution in [2.24, 2.45) is 0 Å². The van der Waals surface area contributed by atoms with Gasteiger partial charge in [0.15, 0.2) is 0 Å². The smallest absolute Gasteiger partial charge is 0.412 e. The molecule has 1 amide bonds. The third-order valence-electron chi connectivity index (χ3n) is 2.82. The van der Waals surface area contributed by atoms with Crippen molar-refractivity contribution in [1.82, 2.24) is 0 Å². The Labute approximate surface area is 142 Å². The predicted octanol–water partition coefficient (Wildman–Crippen LogP) is 3.77. The zero-order valence-corrected chi connectivity index (χ0v) is 14.7. The van der Waals surface area contributed by atoms with E-state index in [0.717, 1.165) is 0 Å². The summed E-state index contributed by atoms with van der Waals surface area (Å²) in [5.41, 5.74) is 3.56. The number of anilines is 1.